The van der Waals surface area contributed by atoms with Crippen LogP contribution in [0.25, 0.3) is 0 Å². The Morgan fingerprint density at radius 1 is 1.44 bits per heavy atom. The molecule has 7 nitrogen and oxygen atoms in total. The van der Waals surface area contributed by atoms with Crippen molar-refractivity contribution < 1.29 is 4.79 Å². The van der Waals surface area contributed by atoms with Gasteiger partial charge in [0.2, 0.25) is 0 Å². The molecule has 0 saturated heterocycles. The first-order valence-corrected chi connectivity index (χ1v) is 5.76. The fourth-order valence-corrected chi connectivity index (χ4v) is 1.82. The molecule has 0 bridgehead atoms. The largest absolute Gasteiger partial charge is 0.352 e. The summed E-state index contributed by atoms with van der Waals surface area (Å²) in [4.78, 5) is 29.2. The maximum Gasteiger partial charge on any atom is 0.312 e. The fourth-order valence-electron chi connectivity index (χ4n) is 1.82. The number of aromatic amines is 1. The summed E-state index contributed by atoms with van der Waals surface area (Å²) < 4.78 is 0. The molecular weight excluding hydrogens is 234 g/mol. The van der Waals surface area contributed by atoms with Crippen LogP contribution in [0.5, 0.6) is 0 Å². The number of H-pyrrole nitrogens is 1. The van der Waals surface area contributed by atoms with E-state index < -0.39 is 6.03 Å². The Kier molecular flexibility index (Phi) is 4.85. The number of nitrogens with zero attached hydrogens (tertiary/aromatic N) is 1. The van der Waals surface area contributed by atoms with Gasteiger partial charge in [0.1, 0.15) is 5.82 Å². The first-order valence-electron chi connectivity index (χ1n) is 5.76. The Morgan fingerprint density at radius 2 is 2.11 bits per heavy atom. The average molecular weight is 253 g/mol. The van der Waals surface area contributed by atoms with Crippen molar-refractivity contribution in [3.05, 3.63) is 27.4 Å². The van der Waals surface area contributed by atoms with Gasteiger partial charge in [0.05, 0.1) is 5.56 Å². The number of urea groups is 1. The van der Waals surface area contributed by atoms with E-state index in [4.69, 9.17) is 5.73 Å². The van der Waals surface area contributed by atoms with Crippen molar-refractivity contribution in [2.45, 2.75) is 26.8 Å². The van der Waals surface area contributed by atoms with Crippen LogP contribution in [0.4, 0.5) is 4.79 Å². The number of aryl methyl sites for hydroxylation is 2. The molecule has 0 spiro atoms. The van der Waals surface area contributed by atoms with Crippen LogP contribution in [0.3, 0.4) is 0 Å². The molecule has 0 radical (unpaired) electrons. The number of hydrogen-bond acceptors (Lipinski definition) is 4. The quantitative estimate of drug-likeness (QED) is 0.540. The minimum atomic E-state index is -0.560. The molecule has 0 aliphatic rings. The van der Waals surface area contributed by atoms with Crippen molar-refractivity contribution in [2.24, 2.45) is 5.73 Å². The molecule has 0 aliphatic carbocycles. The highest BCUT2D eigenvalue weighted by atomic mass is 16.2. The van der Waals surface area contributed by atoms with Gasteiger partial charge in [-0.3, -0.25) is 4.79 Å². The summed E-state index contributed by atoms with van der Waals surface area (Å²) in [6, 6.07) is -0.702. The molecule has 1 unspecified atom stereocenters. The third-order valence-electron chi connectivity index (χ3n) is 2.57. The lowest BCUT2D eigenvalue weighted by molar-refractivity contribution is 0.249. The predicted octanol–water partition coefficient (Wildman–Crippen LogP) is -0.294. The van der Waals surface area contributed by atoms with E-state index in [1.54, 1.807) is 13.8 Å². The van der Waals surface area contributed by atoms with Crippen LogP contribution in [0, 0.1) is 13.8 Å². The highest BCUT2D eigenvalue weighted by Gasteiger charge is 2.13. The summed E-state index contributed by atoms with van der Waals surface area (Å²) in [5, 5.41) is 5.59. The van der Waals surface area contributed by atoms with E-state index in [9.17, 15) is 9.59 Å². The number of rotatable bonds is 5. The van der Waals surface area contributed by atoms with Gasteiger partial charge in [-0.05, 0) is 20.8 Å². The number of amides is 2. The molecule has 1 aromatic heterocycles. The molecule has 1 heterocycles. The van der Waals surface area contributed by atoms with Crippen molar-refractivity contribution in [2.75, 3.05) is 13.1 Å². The van der Waals surface area contributed by atoms with Crippen molar-refractivity contribution in [1.82, 2.24) is 20.6 Å². The summed E-state index contributed by atoms with van der Waals surface area (Å²) in [5.74, 6) is 0.601. The van der Waals surface area contributed by atoms with Gasteiger partial charge >= 0.3 is 6.03 Å². The number of nitrogens with one attached hydrogen (secondary N) is 3. The third-order valence-corrected chi connectivity index (χ3v) is 2.57. The second-order valence-corrected chi connectivity index (χ2v) is 4.12. The summed E-state index contributed by atoms with van der Waals surface area (Å²) in [5.41, 5.74) is 6.12. The normalized spacial score (nSPS) is 12.2. The SMILES string of the molecule is Cc1nc(C)c(C(C)NCCNC(N)=O)c(=O)[nH]1. The number of hydrogen-bond donors (Lipinski definition) is 4. The van der Waals surface area contributed by atoms with E-state index in [0.29, 0.717) is 30.2 Å². The first kappa shape index (κ1) is 14.2. The fraction of sp³-hybridized carbons (Fsp3) is 0.545. The molecule has 1 rings (SSSR count). The van der Waals surface area contributed by atoms with E-state index in [2.05, 4.69) is 20.6 Å². The van der Waals surface area contributed by atoms with Gasteiger partial charge in [-0.2, -0.15) is 0 Å². The van der Waals surface area contributed by atoms with Crippen LogP contribution in [0.15, 0.2) is 4.79 Å². The van der Waals surface area contributed by atoms with Crippen molar-refractivity contribution in [3.8, 4) is 0 Å². The molecule has 0 fully saturated rings. The van der Waals surface area contributed by atoms with E-state index in [1.807, 2.05) is 6.92 Å². The molecule has 100 valence electrons. The molecule has 0 saturated carbocycles. The maximum atomic E-state index is 11.8. The number of aromatic nitrogens is 2. The smallest absolute Gasteiger partial charge is 0.312 e. The second-order valence-electron chi connectivity index (χ2n) is 4.12. The van der Waals surface area contributed by atoms with Crippen LogP contribution in [-0.2, 0) is 0 Å². The lowest BCUT2D eigenvalue weighted by Crippen LogP contribution is -2.37. The zero-order valence-electron chi connectivity index (χ0n) is 10.8. The van der Waals surface area contributed by atoms with Gasteiger partial charge in [-0.1, -0.05) is 0 Å². The highest BCUT2D eigenvalue weighted by Crippen LogP contribution is 2.09. The second kappa shape index (κ2) is 6.15. The molecule has 2 amide bonds. The van der Waals surface area contributed by atoms with Crippen LogP contribution in [0.1, 0.15) is 30.0 Å². The van der Waals surface area contributed by atoms with Crippen LogP contribution >= 0.6 is 0 Å². The topological polar surface area (TPSA) is 113 Å². The zero-order chi connectivity index (χ0) is 13.7. The number of carbonyl (C=O) groups excluding carboxylic acids is 1. The van der Waals surface area contributed by atoms with Crippen LogP contribution < -0.4 is 21.9 Å². The molecule has 18 heavy (non-hydrogen) atoms. The lowest BCUT2D eigenvalue weighted by atomic mass is 10.1. The van der Waals surface area contributed by atoms with Gasteiger partial charge in [0, 0.05) is 24.8 Å². The van der Waals surface area contributed by atoms with E-state index in [-0.39, 0.29) is 11.6 Å². The van der Waals surface area contributed by atoms with Crippen LogP contribution in [-0.4, -0.2) is 29.1 Å². The Bertz CT molecular complexity index is 483. The molecule has 0 aliphatic heterocycles. The van der Waals surface area contributed by atoms with Gasteiger partial charge in [0.15, 0.2) is 0 Å². The van der Waals surface area contributed by atoms with Crippen LogP contribution in [0.2, 0.25) is 0 Å². The monoisotopic (exact) mass is 253 g/mol. The number of primary amides is 1. The first-order chi connectivity index (χ1) is 8.41. The van der Waals surface area contributed by atoms with E-state index >= 15 is 0 Å². The number of carbonyl (C=O) groups is 1. The Balaban J connectivity index is 2.64. The Morgan fingerprint density at radius 3 is 2.67 bits per heavy atom. The predicted molar refractivity (Wildman–Crippen MR) is 68.3 cm³/mol. The molecule has 5 N–H and O–H groups in total. The summed E-state index contributed by atoms with van der Waals surface area (Å²) in [6.07, 6.45) is 0. The van der Waals surface area contributed by atoms with Gasteiger partial charge in [-0.25, -0.2) is 9.78 Å². The zero-order valence-corrected chi connectivity index (χ0v) is 10.8. The Hall–Kier alpha value is -1.89. The summed E-state index contributed by atoms with van der Waals surface area (Å²) in [6.45, 7) is 6.36. The molecule has 1 aromatic rings. The summed E-state index contributed by atoms with van der Waals surface area (Å²) in [7, 11) is 0. The lowest BCUT2D eigenvalue weighted by Gasteiger charge is -2.15. The molecule has 0 aromatic carbocycles. The van der Waals surface area contributed by atoms with Crippen molar-refractivity contribution in [1.29, 1.82) is 0 Å². The minimum Gasteiger partial charge on any atom is -0.352 e. The molecule has 1 atom stereocenters. The summed E-state index contributed by atoms with van der Waals surface area (Å²) >= 11 is 0. The van der Waals surface area contributed by atoms with Crippen molar-refractivity contribution >= 4 is 6.03 Å². The van der Waals surface area contributed by atoms with Gasteiger partial charge in [0.25, 0.3) is 5.56 Å². The molecule has 7 heteroatoms. The van der Waals surface area contributed by atoms with Crippen molar-refractivity contribution in [3.63, 3.8) is 0 Å². The van der Waals surface area contributed by atoms with Gasteiger partial charge < -0.3 is 21.4 Å². The average Bonchev–Trinajstić information content (AvgIpc) is 2.22. The Labute approximate surface area is 105 Å². The van der Waals surface area contributed by atoms with E-state index in [0.717, 1.165) is 0 Å². The van der Waals surface area contributed by atoms with E-state index in [1.165, 1.54) is 0 Å². The maximum absolute atomic E-state index is 11.8. The number of nitrogens with two attached hydrogens (primary N) is 1. The molecular formula is C11H19N5O2. The minimum absolute atomic E-state index is 0.136. The highest BCUT2D eigenvalue weighted by molar-refractivity contribution is 5.71. The van der Waals surface area contributed by atoms with Gasteiger partial charge in [-0.15, -0.1) is 0 Å². The third kappa shape index (κ3) is 3.85. The standard InChI is InChI=1S/C11H19N5O2/c1-6(13-4-5-14-11(12)18)9-7(2)15-8(3)16-10(9)17/h6,13H,4-5H2,1-3H3,(H3,12,14,18)(H,15,16,17).